The molecule has 1 amide bonds. The van der Waals surface area contributed by atoms with Crippen LogP contribution in [0.15, 0.2) is 24.4 Å². The first-order valence-electron chi connectivity index (χ1n) is 9.60. The van der Waals surface area contributed by atoms with Crippen molar-refractivity contribution in [2.24, 2.45) is 0 Å². The van der Waals surface area contributed by atoms with Gasteiger partial charge in [0.25, 0.3) is 0 Å². The Hall–Kier alpha value is -2.28. The molecule has 1 fully saturated rings. The Morgan fingerprint density at radius 1 is 1.19 bits per heavy atom. The van der Waals surface area contributed by atoms with Gasteiger partial charge in [0.05, 0.1) is 12.1 Å². The molecule has 2 atom stereocenters. The highest BCUT2D eigenvalue weighted by Gasteiger charge is 2.28. The van der Waals surface area contributed by atoms with Gasteiger partial charge >= 0.3 is 0 Å². The first-order chi connectivity index (χ1) is 13.0. The topological polar surface area (TPSA) is 50.2 Å². The third-order valence-electron chi connectivity index (χ3n) is 5.62. The summed E-state index contributed by atoms with van der Waals surface area (Å²) >= 11 is 0. The Kier molecular flexibility index (Phi) is 4.95. The highest BCUT2D eigenvalue weighted by molar-refractivity contribution is 5.93. The van der Waals surface area contributed by atoms with Gasteiger partial charge in [0, 0.05) is 18.7 Å². The van der Waals surface area contributed by atoms with E-state index in [1.165, 1.54) is 18.6 Å². The number of halogens is 2. The number of amides is 1. The van der Waals surface area contributed by atoms with Crippen molar-refractivity contribution in [2.75, 3.05) is 18.4 Å². The number of fused-ring (bicyclic) bond motifs is 1. The fourth-order valence-corrected chi connectivity index (χ4v) is 4.15. The molecule has 0 radical (unpaired) electrons. The van der Waals surface area contributed by atoms with Crippen LogP contribution in [0.3, 0.4) is 0 Å². The molecule has 2 aliphatic heterocycles. The SMILES string of the molecule is C[C@@H](C(=O)Nc1cn2c(n1)CC[C@@H]2c1cc(F)cc(F)c1)N1CCCCC1. The summed E-state index contributed by atoms with van der Waals surface area (Å²) < 4.78 is 29.1. The zero-order chi connectivity index (χ0) is 19.0. The summed E-state index contributed by atoms with van der Waals surface area (Å²) in [5.41, 5.74) is 0.586. The van der Waals surface area contributed by atoms with E-state index in [1.54, 1.807) is 6.20 Å². The fourth-order valence-electron chi connectivity index (χ4n) is 4.15. The van der Waals surface area contributed by atoms with Gasteiger partial charge in [-0.15, -0.1) is 0 Å². The second-order valence-electron chi connectivity index (χ2n) is 7.47. The van der Waals surface area contributed by atoms with Crippen LogP contribution in [0, 0.1) is 11.6 Å². The highest BCUT2D eigenvalue weighted by Crippen LogP contribution is 2.33. The molecule has 7 heteroatoms. The van der Waals surface area contributed by atoms with E-state index >= 15 is 0 Å². The van der Waals surface area contributed by atoms with Crippen LogP contribution in [0.2, 0.25) is 0 Å². The van der Waals surface area contributed by atoms with E-state index in [2.05, 4.69) is 15.2 Å². The summed E-state index contributed by atoms with van der Waals surface area (Å²) in [5, 5.41) is 2.90. The van der Waals surface area contributed by atoms with E-state index < -0.39 is 11.6 Å². The molecule has 1 saturated heterocycles. The average Bonchev–Trinajstić information content (AvgIpc) is 3.21. The predicted octanol–water partition coefficient (Wildman–Crippen LogP) is 3.51. The number of carbonyl (C=O) groups excluding carboxylic acids is 1. The lowest BCUT2D eigenvalue weighted by molar-refractivity contribution is -0.121. The average molecular weight is 374 g/mol. The molecule has 0 aliphatic carbocycles. The number of aryl methyl sites for hydroxylation is 1. The molecule has 0 saturated carbocycles. The number of rotatable bonds is 4. The Balaban J connectivity index is 1.48. The number of hydrogen-bond donors (Lipinski definition) is 1. The molecule has 0 unspecified atom stereocenters. The van der Waals surface area contributed by atoms with Crippen molar-refractivity contribution in [2.45, 2.75) is 51.1 Å². The summed E-state index contributed by atoms with van der Waals surface area (Å²) in [6, 6.07) is 3.23. The first kappa shape index (κ1) is 18.1. The van der Waals surface area contributed by atoms with E-state index in [0.29, 0.717) is 17.8 Å². The van der Waals surface area contributed by atoms with Crippen LogP contribution in [0.1, 0.15) is 50.0 Å². The molecule has 2 aromatic rings. The van der Waals surface area contributed by atoms with Crippen LogP contribution in [0.4, 0.5) is 14.6 Å². The maximum atomic E-state index is 13.6. The minimum absolute atomic E-state index is 0.0676. The monoisotopic (exact) mass is 374 g/mol. The van der Waals surface area contributed by atoms with E-state index in [0.717, 1.165) is 44.2 Å². The van der Waals surface area contributed by atoms with Crippen molar-refractivity contribution in [1.82, 2.24) is 14.5 Å². The molecule has 0 bridgehead atoms. The number of nitrogens with zero attached hydrogens (tertiary/aromatic N) is 3. The number of aromatic nitrogens is 2. The second kappa shape index (κ2) is 7.38. The van der Waals surface area contributed by atoms with Crippen molar-refractivity contribution in [3.05, 3.63) is 47.4 Å². The summed E-state index contributed by atoms with van der Waals surface area (Å²) in [7, 11) is 0. The summed E-state index contributed by atoms with van der Waals surface area (Å²) in [4.78, 5) is 19.3. The molecule has 144 valence electrons. The Labute approximate surface area is 157 Å². The molecule has 1 aromatic carbocycles. The predicted molar refractivity (Wildman–Crippen MR) is 98.6 cm³/mol. The van der Waals surface area contributed by atoms with Crippen molar-refractivity contribution in [3.63, 3.8) is 0 Å². The van der Waals surface area contributed by atoms with Crippen LogP contribution in [-0.2, 0) is 11.2 Å². The van der Waals surface area contributed by atoms with Crippen molar-refractivity contribution in [3.8, 4) is 0 Å². The van der Waals surface area contributed by atoms with Crippen LogP contribution >= 0.6 is 0 Å². The Morgan fingerprint density at radius 2 is 1.89 bits per heavy atom. The minimum atomic E-state index is -0.581. The van der Waals surface area contributed by atoms with Crippen molar-refractivity contribution in [1.29, 1.82) is 0 Å². The molecule has 4 rings (SSSR count). The normalized spacial score (nSPS) is 21.1. The van der Waals surface area contributed by atoms with Gasteiger partial charge in [-0.05, 0) is 57.0 Å². The third kappa shape index (κ3) is 3.74. The Bertz CT molecular complexity index is 824. The fraction of sp³-hybridized carbons (Fsp3) is 0.500. The number of imidazole rings is 1. The molecule has 2 aliphatic rings. The van der Waals surface area contributed by atoms with Crippen LogP contribution < -0.4 is 5.32 Å². The maximum Gasteiger partial charge on any atom is 0.242 e. The van der Waals surface area contributed by atoms with Crippen LogP contribution in [-0.4, -0.2) is 39.5 Å². The molecule has 0 spiro atoms. The van der Waals surface area contributed by atoms with Gasteiger partial charge in [0.1, 0.15) is 17.5 Å². The van der Waals surface area contributed by atoms with Crippen LogP contribution in [0.5, 0.6) is 0 Å². The maximum absolute atomic E-state index is 13.6. The molecule has 1 aromatic heterocycles. The largest absolute Gasteiger partial charge is 0.325 e. The van der Waals surface area contributed by atoms with Gasteiger partial charge in [-0.2, -0.15) is 0 Å². The van der Waals surface area contributed by atoms with Crippen molar-refractivity contribution < 1.29 is 13.6 Å². The zero-order valence-electron chi connectivity index (χ0n) is 15.4. The van der Waals surface area contributed by atoms with Gasteiger partial charge < -0.3 is 9.88 Å². The summed E-state index contributed by atoms with van der Waals surface area (Å²) in [6.45, 7) is 3.81. The van der Waals surface area contributed by atoms with Crippen LogP contribution in [0.25, 0.3) is 0 Å². The quantitative estimate of drug-likeness (QED) is 0.891. The van der Waals surface area contributed by atoms with Crippen molar-refractivity contribution >= 4 is 11.7 Å². The highest BCUT2D eigenvalue weighted by atomic mass is 19.1. The van der Waals surface area contributed by atoms with E-state index in [9.17, 15) is 13.6 Å². The molecule has 27 heavy (non-hydrogen) atoms. The number of nitrogens with one attached hydrogen (secondary N) is 1. The van der Waals surface area contributed by atoms with Gasteiger partial charge in [-0.25, -0.2) is 13.8 Å². The lowest BCUT2D eigenvalue weighted by Gasteiger charge is -2.31. The van der Waals surface area contributed by atoms with Gasteiger partial charge in [-0.1, -0.05) is 6.42 Å². The number of benzene rings is 1. The van der Waals surface area contributed by atoms with Gasteiger partial charge in [0.2, 0.25) is 5.91 Å². The number of carbonyl (C=O) groups is 1. The molecule has 1 N–H and O–H groups in total. The zero-order valence-corrected chi connectivity index (χ0v) is 15.4. The summed E-state index contributed by atoms with van der Waals surface area (Å²) in [6.07, 6.45) is 6.70. The molecule has 3 heterocycles. The Morgan fingerprint density at radius 3 is 2.59 bits per heavy atom. The lowest BCUT2D eigenvalue weighted by atomic mass is 10.0. The minimum Gasteiger partial charge on any atom is -0.325 e. The van der Waals surface area contributed by atoms with Gasteiger partial charge in [-0.3, -0.25) is 9.69 Å². The smallest absolute Gasteiger partial charge is 0.242 e. The number of likely N-dealkylation sites (tertiary alicyclic amines) is 1. The summed E-state index contributed by atoms with van der Waals surface area (Å²) in [5.74, 6) is 0.0953. The number of piperidine rings is 1. The third-order valence-corrected chi connectivity index (χ3v) is 5.62. The molecular weight excluding hydrogens is 350 g/mol. The number of hydrogen-bond acceptors (Lipinski definition) is 3. The van der Waals surface area contributed by atoms with Gasteiger partial charge in [0.15, 0.2) is 5.82 Å². The van der Waals surface area contributed by atoms with E-state index in [4.69, 9.17) is 0 Å². The standard InChI is InChI=1S/C20H24F2N4O/c1-13(25-7-3-2-4-8-25)20(27)24-18-12-26-17(5-6-19(26)23-18)14-9-15(21)11-16(22)10-14/h9-13,17H,2-8H2,1H3,(H,24,27)/t13-,17+/m0/s1. The lowest BCUT2D eigenvalue weighted by Crippen LogP contribution is -2.44. The molecule has 5 nitrogen and oxygen atoms in total. The molecular formula is C20H24F2N4O. The van der Waals surface area contributed by atoms with E-state index in [-0.39, 0.29) is 18.0 Å². The number of anilines is 1. The first-order valence-corrected chi connectivity index (χ1v) is 9.60. The van der Waals surface area contributed by atoms with E-state index in [1.807, 2.05) is 11.5 Å². The second-order valence-corrected chi connectivity index (χ2v) is 7.47.